The summed E-state index contributed by atoms with van der Waals surface area (Å²) in [7, 11) is 0. The molecule has 1 unspecified atom stereocenters. The van der Waals surface area contributed by atoms with Crippen LogP contribution in [0.4, 0.5) is 0 Å². The summed E-state index contributed by atoms with van der Waals surface area (Å²) < 4.78 is 12.9. The Morgan fingerprint density at radius 3 is 2.77 bits per heavy atom. The van der Waals surface area contributed by atoms with Crippen LogP contribution in [-0.4, -0.2) is 75.6 Å². The number of nitrogens with zero attached hydrogens (tertiary/aromatic N) is 4. The Labute approximate surface area is 205 Å². The van der Waals surface area contributed by atoms with Gasteiger partial charge in [-0.3, -0.25) is 19.3 Å². The zero-order valence-corrected chi connectivity index (χ0v) is 20.3. The van der Waals surface area contributed by atoms with Crippen LogP contribution in [0.3, 0.4) is 0 Å². The van der Waals surface area contributed by atoms with Crippen LogP contribution in [0.25, 0.3) is 0 Å². The number of carboxylic acid groups (broad SMARTS) is 1. The number of aliphatic carboxylic acids is 1. The third kappa shape index (κ3) is 5.76. The number of aryl methyl sites for hydroxylation is 1. The number of fused-ring (bicyclic) bond motifs is 1. The molecule has 0 bridgehead atoms. The van der Waals surface area contributed by atoms with Crippen LogP contribution in [0.5, 0.6) is 11.5 Å². The van der Waals surface area contributed by atoms with Crippen molar-refractivity contribution in [3.05, 3.63) is 42.5 Å². The fourth-order valence-electron chi connectivity index (χ4n) is 4.95. The van der Waals surface area contributed by atoms with Crippen LogP contribution < -0.4 is 9.47 Å². The van der Waals surface area contributed by atoms with Crippen LogP contribution in [0.15, 0.2) is 36.9 Å². The van der Waals surface area contributed by atoms with Crippen molar-refractivity contribution >= 4 is 11.9 Å². The van der Waals surface area contributed by atoms with Crippen LogP contribution in [0.2, 0.25) is 0 Å². The summed E-state index contributed by atoms with van der Waals surface area (Å²) in [6.07, 6.45) is 7.43. The zero-order valence-electron chi connectivity index (χ0n) is 20.3. The van der Waals surface area contributed by atoms with Crippen molar-refractivity contribution in [2.24, 2.45) is 5.92 Å². The van der Waals surface area contributed by atoms with Gasteiger partial charge in [0.05, 0.1) is 25.4 Å². The van der Waals surface area contributed by atoms with Crippen LogP contribution >= 0.6 is 0 Å². The quantitative estimate of drug-likeness (QED) is 0.457. The smallest absolute Gasteiger partial charge is 0.308 e. The summed E-state index contributed by atoms with van der Waals surface area (Å²) in [5.74, 6) is -0.709. The highest BCUT2D eigenvalue weighted by Gasteiger charge is 2.47. The van der Waals surface area contributed by atoms with Gasteiger partial charge in [-0.1, -0.05) is 19.9 Å². The number of benzene rings is 1. The molecule has 10 heteroatoms. The number of imidazole rings is 1. The topological polar surface area (TPSA) is 106 Å². The third-order valence-electron chi connectivity index (χ3n) is 6.59. The van der Waals surface area contributed by atoms with Gasteiger partial charge in [0.15, 0.2) is 11.5 Å². The van der Waals surface area contributed by atoms with Gasteiger partial charge < -0.3 is 19.1 Å². The van der Waals surface area contributed by atoms with E-state index in [0.29, 0.717) is 44.2 Å². The minimum atomic E-state index is -0.870. The largest absolute Gasteiger partial charge is 0.481 e. The standard InChI is InChI=1S/C25H34N4O6/c1-3-9-29(35-12-4-2)23(30)15-28-14-19(18-5-6-21-22(13-18)34-17-33-21)24(25(31)32)20(28)7-10-27-11-8-26-16-27/h5-6,8,11,13,16,19-20,24H,3-4,7,9-10,12,14-15,17H2,1-2H3,(H,31,32)/t19-,20+,24?/m1/s1. The molecule has 35 heavy (non-hydrogen) atoms. The Balaban J connectivity index is 1.58. The second kappa shape index (κ2) is 11.5. The van der Waals surface area contributed by atoms with E-state index >= 15 is 0 Å². The normalized spacial score (nSPS) is 21.4. The lowest BCUT2D eigenvalue weighted by molar-refractivity contribution is -0.188. The first-order chi connectivity index (χ1) is 17.0. The molecule has 2 aromatic rings. The predicted molar refractivity (Wildman–Crippen MR) is 127 cm³/mol. The van der Waals surface area contributed by atoms with E-state index in [4.69, 9.17) is 14.3 Å². The second-order valence-electron chi connectivity index (χ2n) is 9.00. The minimum Gasteiger partial charge on any atom is -0.481 e. The highest BCUT2D eigenvalue weighted by atomic mass is 16.7. The van der Waals surface area contributed by atoms with Gasteiger partial charge in [-0.05, 0) is 37.0 Å². The van der Waals surface area contributed by atoms with Crippen LogP contribution in [-0.2, 0) is 21.0 Å². The summed E-state index contributed by atoms with van der Waals surface area (Å²) in [6.45, 7) is 6.27. The number of carboxylic acids is 1. The molecule has 2 aliphatic rings. The summed E-state index contributed by atoms with van der Waals surface area (Å²) in [5.41, 5.74) is 0.872. The number of amides is 1. The van der Waals surface area contributed by atoms with Gasteiger partial charge in [0.25, 0.3) is 5.91 Å². The first-order valence-corrected chi connectivity index (χ1v) is 12.3. The predicted octanol–water partition coefficient (Wildman–Crippen LogP) is 2.75. The molecule has 190 valence electrons. The van der Waals surface area contributed by atoms with Gasteiger partial charge in [0.2, 0.25) is 6.79 Å². The molecule has 1 saturated heterocycles. The van der Waals surface area contributed by atoms with Crippen molar-refractivity contribution in [2.75, 3.05) is 33.0 Å². The maximum absolute atomic E-state index is 13.2. The SMILES string of the molecule is CCCON(CCC)C(=O)CN1C[C@H](c2ccc3c(c2)OCO3)C(C(=O)O)[C@@H]1CCn1ccnc1. The summed E-state index contributed by atoms with van der Waals surface area (Å²) in [6, 6.07) is 5.27. The van der Waals surface area contributed by atoms with Crippen molar-refractivity contribution in [1.29, 1.82) is 0 Å². The number of rotatable bonds is 12. The number of hydrogen-bond acceptors (Lipinski definition) is 7. The van der Waals surface area contributed by atoms with E-state index in [2.05, 4.69) is 4.98 Å². The Kier molecular flexibility index (Phi) is 8.25. The van der Waals surface area contributed by atoms with E-state index in [1.807, 2.05) is 47.7 Å². The molecule has 3 heterocycles. The van der Waals surface area contributed by atoms with Gasteiger partial charge in [-0.15, -0.1) is 0 Å². The fraction of sp³-hybridized carbons (Fsp3) is 0.560. The lowest BCUT2D eigenvalue weighted by Gasteiger charge is -2.29. The molecule has 4 rings (SSSR count). The lowest BCUT2D eigenvalue weighted by atomic mass is 9.84. The molecule has 10 nitrogen and oxygen atoms in total. The molecular formula is C25H34N4O6. The number of hydrogen-bond donors (Lipinski definition) is 1. The fourth-order valence-corrected chi connectivity index (χ4v) is 4.95. The number of likely N-dealkylation sites (tertiary alicyclic amines) is 1. The van der Waals surface area contributed by atoms with E-state index in [9.17, 15) is 14.7 Å². The lowest BCUT2D eigenvalue weighted by Crippen LogP contribution is -2.44. The van der Waals surface area contributed by atoms with Crippen LogP contribution in [0.1, 0.15) is 44.6 Å². The molecule has 2 aliphatic heterocycles. The highest BCUT2D eigenvalue weighted by Crippen LogP contribution is 2.42. The number of aromatic nitrogens is 2. The van der Waals surface area contributed by atoms with Crippen molar-refractivity contribution < 1.29 is 29.0 Å². The average molecular weight is 487 g/mol. The van der Waals surface area contributed by atoms with E-state index in [-0.39, 0.29) is 31.2 Å². The van der Waals surface area contributed by atoms with Crippen molar-refractivity contribution in [3.63, 3.8) is 0 Å². The third-order valence-corrected chi connectivity index (χ3v) is 6.59. The van der Waals surface area contributed by atoms with Gasteiger partial charge >= 0.3 is 5.97 Å². The van der Waals surface area contributed by atoms with Crippen LogP contribution in [0, 0.1) is 5.92 Å². The molecule has 3 atom stereocenters. The van der Waals surface area contributed by atoms with Gasteiger partial charge in [-0.2, -0.15) is 0 Å². The van der Waals surface area contributed by atoms with E-state index < -0.39 is 11.9 Å². The Bertz CT molecular complexity index is 998. The van der Waals surface area contributed by atoms with E-state index in [0.717, 1.165) is 18.4 Å². The first kappa shape index (κ1) is 25.0. The highest BCUT2D eigenvalue weighted by molar-refractivity contribution is 5.78. The summed E-state index contributed by atoms with van der Waals surface area (Å²) >= 11 is 0. The maximum Gasteiger partial charge on any atom is 0.308 e. The summed E-state index contributed by atoms with van der Waals surface area (Å²) in [5, 5.41) is 11.7. The molecule has 0 aliphatic carbocycles. The second-order valence-corrected chi connectivity index (χ2v) is 9.00. The van der Waals surface area contributed by atoms with E-state index in [1.165, 1.54) is 5.06 Å². The molecule has 1 amide bonds. The van der Waals surface area contributed by atoms with Gasteiger partial charge in [0.1, 0.15) is 0 Å². The number of hydroxylamine groups is 2. The van der Waals surface area contributed by atoms with Gasteiger partial charge in [0, 0.05) is 44.0 Å². The van der Waals surface area contributed by atoms with Crippen molar-refractivity contribution in [2.45, 2.75) is 51.6 Å². The Morgan fingerprint density at radius 2 is 2.06 bits per heavy atom. The molecule has 1 fully saturated rings. The molecule has 1 aromatic heterocycles. The van der Waals surface area contributed by atoms with Crippen molar-refractivity contribution in [1.82, 2.24) is 19.5 Å². The zero-order chi connectivity index (χ0) is 24.8. The Morgan fingerprint density at radius 1 is 1.23 bits per heavy atom. The van der Waals surface area contributed by atoms with Crippen molar-refractivity contribution in [3.8, 4) is 11.5 Å². The summed E-state index contributed by atoms with van der Waals surface area (Å²) in [4.78, 5) is 37.6. The number of carbonyl (C=O) groups excluding carboxylic acids is 1. The Hall–Kier alpha value is -3.11. The first-order valence-electron chi connectivity index (χ1n) is 12.3. The molecule has 0 radical (unpaired) electrons. The molecule has 1 N–H and O–H groups in total. The number of carbonyl (C=O) groups is 2. The monoisotopic (exact) mass is 486 g/mol. The van der Waals surface area contributed by atoms with Gasteiger partial charge in [-0.25, -0.2) is 10.0 Å². The molecule has 0 saturated carbocycles. The average Bonchev–Trinajstić information content (AvgIpc) is 3.59. The molecular weight excluding hydrogens is 452 g/mol. The minimum absolute atomic E-state index is 0.100. The molecule has 1 aromatic carbocycles. The molecule has 0 spiro atoms. The van der Waals surface area contributed by atoms with E-state index in [1.54, 1.807) is 12.5 Å². The maximum atomic E-state index is 13.2. The number of ether oxygens (including phenoxy) is 2.